The number of hydrogen-bond acceptors (Lipinski definition) is 5. The van der Waals surface area contributed by atoms with Gasteiger partial charge >= 0.3 is 0 Å². The van der Waals surface area contributed by atoms with Crippen molar-refractivity contribution in [3.8, 4) is 11.5 Å². The number of hydrogen-bond donors (Lipinski definition) is 1. The van der Waals surface area contributed by atoms with Gasteiger partial charge in [-0.2, -0.15) is 0 Å². The van der Waals surface area contributed by atoms with Crippen LogP contribution >= 0.6 is 11.6 Å². The molecule has 0 radical (unpaired) electrons. The molecule has 0 atom stereocenters. The average molecular weight is 360 g/mol. The first-order chi connectivity index (χ1) is 12.0. The number of pyridine rings is 1. The summed E-state index contributed by atoms with van der Waals surface area (Å²) >= 11 is 6.04. The molecule has 2 aromatic heterocycles. The summed E-state index contributed by atoms with van der Waals surface area (Å²) in [5.74, 6) is 0.0950. The number of nitrogens with one attached hydrogen (secondary N) is 1. The maximum Gasteiger partial charge on any atom is 0.270 e. The van der Waals surface area contributed by atoms with E-state index in [1.54, 1.807) is 24.4 Å². The van der Waals surface area contributed by atoms with Crippen molar-refractivity contribution in [3.05, 3.63) is 63.7 Å². The predicted octanol–water partition coefficient (Wildman–Crippen LogP) is 2.62. The molecule has 128 valence electrons. The lowest BCUT2D eigenvalue weighted by Gasteiger charge is -2.13. The van der Waals surface area contributed by atoms with Crippen LogP contribution in [-0.2, 0) is 0 Å². The number of anilines is 1. The zero-order valence-corrected chi connectivity index (χ0v) is 14.2. The van der Waals surface area contributed by atoms with Crippen LogP contribution in [0.3, 0.4) is 0 Å². The minimum atomic E-state index is -0.613. The van der Waals surface area contributed by atoms with Crippen molar-refractivity contribution >= 4 is 28.8 Å². The number of ether oxygens (including phenoxy) is 2. The standard InChI is InChI=1S/C17H14ClN3O4/c1-24-13-8-12(14(25-2)7-11(13)18)20-16(22)10-9-19-15-5-3-4-6-21(15)17(10)23/h3-9H,1-2H3,(H,20,22). The normalized spacial score (nSPS) is 10.5. The average Bonchev–Trinajstić information content (AvgIpc) is 2.63. The molecule has 0 aliphatic rings. The zero-order chi connectivity index (χ0) is 18.0. The summed E-state index contributed by atoms with van der Waals surface area (Å²) in [5.41, 5.74) is 0.212. The van der Waals surface area contributed by atoms with Crippen LogP contribution in [0.1, 0.15) is 10.4 Å². The second kappa shape index (κ2) is 6.82. The molecule has 1 N–H and O–H groups in total. The van der Waals surface area contributed by atoms with E-state index < -0.39 is 11.5 Å². The van der Waals surface area contributed by atoms with Gasteiger partial charge in [0, 0.05) is 24.5 Å². The molecule has 0 unspecified atom stereocenters. The summed E-state index contributed by atoms with van der Waals surface area (Å²) < 4.78 is 11.6. The van der Waals surface area contributed by atoms with Crippen LogP contribution in [0.2, 0.25) is 5.02 Å². The van der Waals surface area contributed by atoms with Crippen LogP contribution in [-0.4, -0.2) is 29.5 Å². The number of halogens is 1. The summed E-state index contributed by atoms with van der Waals surface area (Å²) in [6, 6.07) is 8.15. The van der Waals surface area contributed by atoms with Crippen LogP contribution in [0.15, 0.2) is 47.5 Å². The molecular weight excluding hydrogens is 346 g/mol. The molecule has 2 heterocycles. The van der Waals surface area contributed by atoms with Gasteiger partial charge in [0.25, 0.3) is 11.5 Å². The van der Waals surface area contributed by atoms with Crippen molar-refractivity contribution in [1.29, 1.82) is 0 Å². The number of methoxy groups -OCH3 is 2. The molecule has 0 aliphatic heterocycles. The van der Waals surface area contributed by atoms with Crippen molar-refractivity contribution in [1.82, 2.24) is 9.38 Å². The van der Waals surface area contributed by atoms with Crippen molar-refractivity contribution in [2.75, 3.05) is 19.5 Å². The van der Waals surface area contributed by atoms with E-state index in [9.17, 15) is 9.59 Å². The highest BCUT2D eigenvalue weighted by Gasteiger charge is 2.17. The Kier molecular flexibility index (Phi) is 4.58. The molecular formula is C17H14ClN3O4. The Bertz CT molecular complexity index is 1020. The fourth-order valence-electron chi connectivity index (χ4n) is 2.33. The van der Waals surface area contributed by atoms with Gasteiger partial charge in [0.1, 0.15) is 22.7 Å². The number of rotatable bonds is 4. The summed E-state index contributed by atoms with van der Waals surface area (Å²) in [7, 11) is 2.90. The second-order valence-electron chi connectivity index (χ2n) is 5.05. The molecule has 7 nitrogen and oxygen atoms in total. The van der Waals surface area contributed by atoms with Gasteiger partial charge < -0.3 is 14.8 Å². The molecule has 0 fully saturated rings. The Morgan fingerprint density at radius 3 is 2.68 bits per heavy atom. The molecule has 0 saturated heterocycles. The van der Waals surface area contributed by atoms with Gasteiger partial charge in [0.05, 0.1) is 24.9 Å². The van der Waals surface area contributed by atoms with Crippen LogP contribution in [0.5, 0.6) is 11.5 Å². The highest BCUT2D eigenvalue weighted by Crippen LogP contribution is 2.35. The molecule has 1 amide bonds. The lowest BCUT2D eigenvalue weighted by Crippen LogP contribution is -2.26. The van der Waals surface area contributed by atoms with Crippen LogP contribution in [0.25, 0.3) is 5.65 Å². The predicted molar refractivity (Wildman–Crippen MR) is 94.0 cm³/mol. The molecule has 0 aliphatic carbocycles. The lowest BCUT2D eigenvalue weighted by atomic mass is 10.2. The molecule has 3 aromatic rings. The third-order valence-corrected chi connectivity index (χ3v) is 3.88. The van der Waals surface area contributed by atoms with Crippen molar-refractivity contribution in [3.63, 3.8) is 0 Å². The molecule has 0 spiro atoms. The fraction of sp³-hybridized carbons (Fsp3) is 0.118. The van der Waals surface area contributed by atoms with Crippen LogP contribution < -0.4 is 20.3 Å². The van der Waals surface area contributed by atoms with Crippen molar-refractivity contribution in [2.45, 2.75) is 0 Å². The maximum atomic E-state index is 12.5. The third kappa shape index (κ3) is 3.14. The lowest BCUT2D eigenvalue weighted by molar-refractivity contribution is 0.102. The second-order valence-corrected chi connectivity index (χ2v) is 5.45. The summed E-state index contributed by atoms with van der Waals surface area (Å²) in [4.78, 5) is 29.1. The van der Waals surface area contributed by atoms with Crippen molar-refractivity contribution < 1.29 is 14.3 Å². The first-order valence-electron chi connectivity index (χ1n) is 7.24. The van der Waals surface area contributed by atoms with E-state index in [1.807, 2.05) is 0 Å². The van der Waals surface area contributed by atoms with Gasteiger partial charge in [-0.25, -0.2) is 4.98 Å². The molecule has 8 heteroatoms. The number of carbonyl (C=O) groups excluding carboxylic acids is 1. The SMILES string of the molecule is COc1cc(NC(=O)c2cnc3ccccn3c2=O)c(OC)cc1Cl. The highest BCUT2D eigenvalue weighted by molar-refractivity contribution is 6.32. The number of nitrogens with zero attached hydrogens (tertiary/aromatic N) is 2. The van der Waals surface area contributed by atoms with E-state index in [0.717, 1.165) is 0 Å². The van der Waals surface area contributed by atoms with Gasteiger partial charge in [-0.3, -0.25) is 14.0 Å². The third-order valence-electron chi connectivity index (χ3n) is 3.58. The van der Waals surface area contributed by atoms with E-state index in [-0.39, 0.29) is 5.56 Å². The van der Waals surface area contributed by atoms with E-state index in [4.69, 9.17) is 21.1 Å². The van der Waals surface area contributed by atoms with E-state index in [0.29, 0.717) is 27.9 Å². The highest BCUT2D eigenvalue weighted by atomic mass is 35.5. The fourth-order valence-corrected chi connectivity index (χ4v) is 2.56. The number of aromatic nitrogens is 2. The zero-order valence-electron chi connectivity index (χ0n) is 13.4. The van der Waals surface area contributed by atoms with Gasteiger partial charge in [0.15, 0.2) is 0 Å². The first-order valence-corrected chi connectivity index (χ1v) is 7.62. The van der Waals surface area contributed by atoms with E-state index >= 15 is 0 Å². The molecule has 0 bridgehead atoms. The largest absolute Gasteiger partial charge is 0.495 e. The van der Waals surface area contributed by atoms with Crippen LogP contribution in [0.4, 0.5) is 5.69 Å². The quantitative estimate of drug-likeness (QED) is 0.774. The first kappa shape index (κ1) is 16.8. The van der Waals surface area contributed by atoms with Gasteiger partial charge in [-0.15, -0.1) is 0 Å². The van der Waals surface area contributed by atoms with Gasteiger partial charge in [0.2, 0.25) is 0 Å². The Balaban J connectivity index is 2.01. The smallest absolute Gasteiger partial charge is 0.270 e. The number of fused-ring (bicyclic) bond motifs is 1. The number of benzene rings is 1. The Morgan fingerprint density at radius 2 is 1.96 bits per heavy atom. The van der Waals surface area contributed by atoms with Crippen molar-refractivity contribution in [2.24, 2.45) is 0 Å². The summed E-state index contributed by atoms with van der Waals surface area (Å²) in [6.07, 6.45) is 2.79. The van der Waals surface area contributed by atoms with E-state index in [2.05, 4.69) is 10.3 Å². The topological polar surface area (TPSA) is 81.9 Å². The summed E-state index contributed by atoms with van der Waals surface area (Å²) in [6.45, 7) is 0. The van der Waals surface area contributed by atoms with Gasteiger partial charge in [-0.05, 0) is 12.1 Å². The number of carbonyl (C=O) groups is 1. The maximum absolute atomic E-state index is 12.5. The Labute approximate surface area is 147 Å². The molecule has 3 rings (SSSR count). The molecule has 25 heavy (non-hydrogen) atoms. The minimum Gasteiger partial charge on any atom is -0.495 e. The van der Waals surface area contributed by atoms with E-state index in [1.165, 1.54) is 36.9 Å². The van der Waals surface area contributed by atoms with Gasteiger partial charge in [-0.1, -0.05) is 17.7 Å². The Hall–Kier alpha value is -3.06. The monoisotopic (exact) mass is 359 g/mol. The summed E-state index contributed by atoms with van der Waals surface area (Å²) in [5, 5.41) is 2.97. The minimum absolute atomic E-state index is 0.0975. The Morgan fingerprint density at radius 1 is 1.20 bits per heavy atom. The number of amides is 1. The van der Waals surface area contributed by atoms with Crippen LogP contribution in [0, 0.1) is 0 Å². The molecule has 1 aromatic carbocycles. The molecule has 0 saturated carbocycles.